The fraction of sp³-hybridized carbons (Fsp3) is 1.00. The van der Waals surface area contributed by atoms with Crippen LogP contribution < -0.4 is 5.32 Å². The van der Waals surface area contributed by atoms with Crippen molar-refractivity contribution in [3.05, 3.63) is 0 Å². The van der Waals surface area contributed by atoms with Gasteiger partial charge in [-0.25, -0.2) is 0 Å². The van der Waals surface area contributed by atoms with Gasteiger partial charge in [0.05, 0.1) is 6.61 Å². The van der Waals surface area contributed by atoms with E-state index in [1.54, 1.807) is 7.11 Å². The van der Waals surface area contributed by atoms with Crippen LogP contribution >= 0.6 is 11.8 Å². The molecular formula is C11H23NOS. The number of hydrogen-bond donors (Lipinski definition) is 1. The Morgan fingerprint density at radius 1 is 1.43 bits per heavy atom. The summed E-state index contributed by atoms with van der Waals surface area (Å²) < 4.78 is 5.06. The van der Waals surface area contributed by atoms with E-state index >= 15 is 0 Å². The molecule has 0 saturated heterocycles. The van der Waals surface area contributed by atoms with Gasteiger partial charge in [-0.05, 0) is 19.8 Å². The average molecular weight is 217 g/mol. The Hall–Kier alpha value is 0.270. The minimum absolute atomic E-state index is 0.490. The Morgan fingerprint density at radius 2 is 2.14 bits per heavy atom. The molecule has 0 heterocycles. The summed E-state index contributed by atoms with van der Waals surface area (Å²) in [6, 6.07) is 0.490. The maximum absolute atomic E-state index is 5.06. The summed E-state index contributed by atoms with van der Waals surface area (Å²) in [5.41, 5.74) is 0. The zero-order valence-electron chi connectivity index (χ0n) is 9.42. The number of thioether (sulfide) groups is 1. The smallest absolute Gasteiger partial charge is 0.0613 e. The Bertz CT molecular complexity index is 137. The summed E-state index contributed by atoms with van der Waals surface area (Å²) in [5, 5.41) is 4.41. The summed E-state index contributed by atoms with van der Waals surface area (Å²) in [4.78, 5) is 0. The van der Waals surface area contributed by atoms with E-state index in [2.05, 4.69) is 24.0 Å². The Kier molecular flexibility index (Phi) is 6.65. The summed E-state index contributed by atoms with van der Waals surface area (Å²) in [5.74, 6) is 1.25. The lowest BCUT2D eigenvalue weighted by molar-refractivity contribution is 0.173. The fourth-order valence-electron chi connectivity index (χ4n) is 1.89. The molecule has 84 valence electrons. The first kappa shape index (κ1) is 12.3. The molecule has 3 heteroatoms. The highest BCUT2D eigenvalue weighted by molar-refractivity contribution is 7.99. The lowest BCUT2D eigenvalue weighted by atomic mass is 10.4. The zero-order chi connectivity index (χ0) is 10.2. The fourth-order valence-corrected chi connectivity index (χ4v) is 3.13. The van der Waals surface area contributed by atoms with Crippen molar-refractivity contribution in [1.29, 1.82) is 0 Å². The van der Waals surface area contributed by atoms with Crippen molar-refractivity contribution < 1.29 is 4.74 Å². The standard InChI is InChI=1S/C11H23NOS/c1-10(9-13-2)12-7-8-14-11-5-3-4-6-11/h10-12H,3-9H2,1-2H3. The quantitative estimate of drug-likeness (QED) is 0.661. The van der Waals surface area contributed by atoms with Gasteiger partial charge in [-0.3, -0.25) is 0 Å². The summed E-state index contributed by atoms with van der Waals surface area (Å²) in [6.07, 6.45) is 5.78. The zero-order valence-corrected chi connectivity index (χ0v) is 10.2. The molecule has 0 aromatic carbocycles. The summed E-state index contributed by atoms with van der Waals surface area (Å²) in [7, 11) is 1.76. The maximum Gasteiger partial charge on any atom is 0.0613 e. The maximum atomic E-state index is 5.06. The van der Waals surface area contributed by atoms with Gasteiger partial charge in [0.1, 0.15) is 0 Å². The molecule has 14 heavy (non-hydrogen) atoms. The molecule has 1 N–H and O–H groups in total. The number of rotatable bonds is 7. The average Bonchev–Trinajstić information content (AvgIpc) is 2.65. The minimum Gasteiger partial charge on any atom is -0.383 e. The van der Waals surface area contributed by atoms with Crippen LogP contribution in [0.5, 0.6) is 0 Å². The molecule has 1 aliphatic rings. The minimum atomic E-state index is 0.490. The van der Waals surface area contributed by atoms with Gasteiger partial charge in [0.2, 0.25) is 0 Å². The van der Waals surface area contributed by atoms with Crippen LogP contribution in [-0.4, -0.2) is 37.3 Å². The summed E-state index contributed by atoms with van der Waals surface area (Å²) in [6.45, 7) is 4.10. The van der Waals surface area contributed by atoms with E-state index in [0.29, 0.717) is 6.04 Å². The topological polar surface area (TPSA) is 21.3 Å². The van der Waals surface area contributed by atoms with Crippen molar-refractivity contribution in [2.75, 3.05) is 26.0 Å². The molecule has 2 nitrogen and oxygen atoms in total. The molecule has 0 radical (unpaired) electrons. The predicted octanol–water partition coefficient (Wildman–Crippen LogP) is 2.29. The van der Waals surface area contributed by atoms with Crippen LogP contribution in [0.3, 0.4) is 0 Å². The van der Waals surface area contributed by atoms with E-state index in [4.69, 9.17) is 4.74 Å². The van der Waals surface area contributed by atoms with Crippen LogP contribution in [0.1, 0.15) is 32.6 Å². The van der Waals surface area contributed by atoms with Crippen LogP contribution in [0.2, 0.25) is 0 Å². The Balaban J connectivity index is 1.88. The van der Waals surface area contributed by atoms with Crippen molar-refractivity contribution >= 4 is 11.8 Å². The first-order valence-corrected chi connectivity index (χ1v) is 6.71. The molecule has 1 unspecified atom stereocenters. The van der Waals surface area contributed by atoms with Gasteiger partial charge in [-0.15, -0.1) is 0 Å². The van der Waals surface area contributed by atoms with Crippen molar-refractivity contribution in [3.8, 4) is 0 Å². The first-order valence-electron chi connectivity index (χ1n) is 5.67. The van der Waals surface area contributed by atoms with Gasteiger partial charge in [-0.2, -0.15) is 11.8 Å². The third-order valence-corrected chi connectivity index (χ3v) is 4.05. The Labute approximate surface area is 92.2 Å². The molecule has 0 aromatic rings. The Morgan fingerprint density at radius 3 is 2.79 bits per heavy atom. The predicted molar refractivity (Wildman–Crippen MR) is 64.1 cm³/mol. The van der Waals surface area contributed by atoms with Gasteiger partial charge >= 0.3 is 0 Å². The molecule has 1 rings (SSSR count). The molecule has 1 fully saturated rings. The van der Waals surface area contributed by atoms with Gasteiger partial charge in [0.15, 0.2) is 0 Å². The van der Waals surface area contributed by atoms with E-state index in [1.165, 1.54) is 31.4 Å². The first-order chi connectivity index (χ1) is 6.83. The second-order valence-corrected chi connectivity index (χ2v) is 5.50. The third kappa shape index (κ3) is 5.23. The van der Waals surface area contributed by atoms with Crippen molar-refractivity contribution in [3.63, 3.8) is 0 Å². The monoisotopic (exact) mass is 217 g/mol. The van der Waals surface area contributed by atoms with E-state index in [9.17, 15) is 0 Å². The highest BCUT2D eigenvalue weighted by atomic mass is 32.2. The molecule has 0 spiro atoms. The van der Waals surface area contributed by atoms with Crippen LogP contribution in [0.15, 0.2) is 0 Å². The molecule has 1 saturated carbocycles. The molecular weight excluding hydrogens is 194 g/mol. The van der Waals surface area contributed by atoms with Gasteiger partial charge in [0, 0.05) is 30.7 Å². The van der Waals surface area contributed by atoms with Crippen molar-refractivity contribution in [2.24, 2.45) is 0 Å². The second kappa shape index (κ2) is 7.55. The number of methoxy groups -OCH3 is 1. The second-order valence-electron chi connectivity index (χ2n) is 4.09. The summed E-state index contributed by atoms with van der Waals surface area (Å²) >= 11 is 2.14. The largest absolute Gasteiger partial charge is 0.383 e. The van der Waals surface area contributed by atoms with Crippen LogP contribution in [-0.2, 0) is 4.74 Å². The highest BCUT2D eigenvalue weighted by Gasteiger charge is 2.14. The molecule has 0 aromatic heterocycles. The SMILES string of the molecule is COCC(C)NCCSC1CCCC1. The van der Waals surface area contributed by atoms with E-state index in [1.807, 2.05) is 0 Å². The lowest BCUT2D eigenvalue weighted by Crippen LogP contribution is -2.32. The molecule has 0 amide bonds. The van der Waals surface area contributed by atoms with E-state index in [0.717, 1.165) is 18.4 Å². The van der Waals surface area contributed by atoms with Crippen LogP contribution in [0.25, 0.3) is 0 Å². The van der Waals surface area contributed by atoms with Gasteiger partial charge in [-0.1, -0.05) is 12.8 Å². The molecule has 0 aliphatic heterocycles. The highest BCUT2D eigenvalue weighted by Crippen LogP contribution is 2.28. The molecule has 1 aliphatic carbocycles. The van der Waals surface area contributed by atoms with Crippen molar-refractivity contribution in [2.45, 2.75) is 43.9 Å². The number of ether oxygens (including phenoxy) is 1. The lowest BCUT2D eigenvalue weighted by Gasteiger charge is -2.13. The van der Waals surface area contributed by atoms with Gasteiger partial charge in [0.25, 0.3) is 0 Å². The molecule has 0 bridgehead atoms. The number of nitrogens with one attached hydrogen (secondary N) is 1. The van der Waals surface area contributed by atoms with E-state index in [-0.39, 0.29) is 0 Å². The van der Waals surface area contributed by atoms with Crippen molar-refractivity contribution in [1.82, 2.24) is 5.32 Å². The van der Waals surface area contributed by atoms with Crippen LogP contribution in [0.4, 0.5) is 0 Å². The van der Waals surface area contributed by atoms with Crippen LogP contribution in [0, 0.1) is 0 Å². The van der Waals surface area contributed by atoms with Gasteiger partial charge < -0.3 is 10.1 Å². The number of hydrogen-bond acceptors (Lipinski definition) is 3. The third-order valence-electron chi connectivity index (χ3n) is 2.67. The normalized spacial score (nSPS) is 20.1. The molecule has 1 atom stereocenters. The van der Waals surface area contributed by atoms with E-state index < -0.39 is 0 Å².